The van der Waals surface area contributed by atoms with Crippen molar-refractivity contribution >= 4 is 23.4 Å². The molecule has 15 heavy (non-hydrogen) atoms. The van der Waals surface area contributed by atoms with Crippen LogP contribution in [0.25, 0.3) is 0 Å². The minimum atomic E-state index is -0.349. The van der Waals surface area contributed by atoms with E-state index in [1.54, 1.807) is 0 Å². The van der Waals surface area contributed by atoms with Crippen LogP contribution in [-0.4, -0.2) is 17.8 Å². The second-order valence-electron chi connectivity index (χ2n) is 3.24. The molecule has 1 aliphatic rings. The zero-order chi connectivity index (χ0) is 10.8. The van der Waals surface area contributed by atoms with Crippen LogP contribution in [0.5, 0.6) is 0 Å². The first-order valence-electron chi connectivity index (χ1n) is 4.55. The Balaban J connectivity index is 2.16. The van der Waals surface area contributed by atoms with Gasteiger partial charge in [-0.1, -0.05) is 0 Å². The predicted octanol–water partition coefficient (Wildman–Crippen LogP) is 1.82. The van der Waals surface area contributed by atoms with Gasteiger partial charge in [-0.15, -0.1) is 11.8 Å². The first kappa shape index (κ1) is 10.3. The molecule has 1 atom stereocenters. The minimum absolute atomic E-state index is 0.247. The molecule has 3 nitrogen and oxygen atoms in total. The van der Waals surface area contributed by atoms with Crippen molar-refractivity contribution < 1.29 is 13.9 Å². The van der Waals surface area contributed by atoms with Crippen LogP contribution in [0.1, 0.15) is 6.42 Å². The monoisotopic (exact) mass is 227 g/mol. The van der Waals surface area contributed by atoms with Gasteiger partial charge >= 0.3 is 5.97 Å². The number of halogens is 1. The van der Waals surface area contributed by atoms with Gasteiger partial charge < -0.3 is 10.5 Å². The second kappa shape index (κ2) is 4.10. The van der Waals surface area contributed by atoms with Crippen LogP contribution >= 0.6 is 11.8 Å². The van der Waals surface area contributed by atoms with Crippen LogP contribution in [-0.2, 0) is 9.53 Å². The molecular weight excluding hydrogens is 217 g/mol. The highest BCUT2D eigenvalue weighted by Crippen LogP contribution is 2.33. The molecule has 5 heteroatoms. The lowest BCUT2D eigenvalue weighted by atomic mass is 10.3. The van der Waals surface area contributed by atoms with E-state index in [9.17, 15) is 9.18 Å². The van der Waals surface area contributed by atoms with Crippen molar-refractivity contribution in [2.45, 2.75) is 16.6 Å². The Labute approximate surface area is 90.8 Å². The minimum Gasteiger partial charge on any atom is -0.465 e. The number of nitrogens with two attached hydrogens (primary N) is 1. The molecule has 1 heterocycles. The first-order valence-corrected chi connectivity index (χ1v) is 5.43. The van der Waals surface area contributed by atoms with Gasteiger partial charge in [0.05, 0.1) is 6.61 Å². The molecule has 2 rings (SSSR count). The second-order valence-corrected chi connectivity index (χ2v) is 4.49. The Hall–Kier alpha value is -1.23. The Morgan fingerprint density at radius 1 is 1.53 bits per heavy atom. The van der Waals surface area contributed by atoms with Crippen LogP contribution in [0.15, 0.2) is 23.1 Å². The average Bonchev–Trinajstić information content (AvgIpc) is 2.58. The number of nitrogen functional groups attached to an aromatic ring is 1. The van der Waals surface area contributed by atoms with Crippen LogP contribution < -0.4 is 5.73 Å². The fraction of sp³-hybridized carbons (Fsp3) is 0.300. The van der Waals surface area contributed by atoms with Gasteiger partial charge in [-0.3, -0.25) is 4.79 Å². The van der Waals surface area contributed by atoms with E-state index in [2.05, 4.69) is 0 Å². The summed E-state index contributed by atoms with van der Waals surface area (Å²) in [6.07, 6.45) is 0.652. The smallest absolute Gasteiger partial charge is 0.319 e. The molecule has 0 radical (unpaired) electrons. The van der Waals surface area contributed by atoms with E-state index in [1.807, 2.05) is 0 Å². The molecule has 0 aromatic heterocycles. The van der Waals surface area contributed by atoms with E-state index < -0.39 is 0 Å². The molecular formula is C10H10FNO2S. The molecule has 1 aromatic rings. The molecule has 0 amide bonds. The van der Waals surface area contributed by atoms with Crippen molar-refractivity contribution in [3.05, 3.63) is 24.0 Å². The predicted molar refractivity (Wildman–Crippen MR) is 56.0 cm³/mol. The Morgan fingerprint density at radius 3 is 3.00 bits per heavy atom. The van der Waals surface area contributed by atoms with Crippen molar-refractivity contribution in [1.82, 2.24) is 0 Å². The van der Waals surface area contributed by atoms with E-state index >= 15 is 0 Å². The highest BCUT2D eigenvalue weighted by Gasteiger charge is 2.28. The molecule has 1 aromatic carbocycles. The number of thioether (sulfide) groups is 1. The summed E-state index contributed by atoms with van der Waals surface area (Å²) >= 11 is 1.26. The molecule has 1 fully saturated rings. The van der Waals surface area contributed by atoms with Crippen molar-refractivity contribution in [2.75, 3.05) is 12.3 Å². The summed E-state index contributed by atoms with van der Waals surface area (Å²) in [7, 11) is 0. The molecule has 1 unspecified atom stereocenters. The molecule has 0 bridgehead atoms. The number of esters is 1. The van der Waals surface area contributed by atoms with E-state index in [4.69, 9.17) is 10.5 Å². The number of hydrogen-bond donors (Lipinski definition) is 1. The molecule has 0 spiro atoms. The molecule has 2 N–H and O–H groups in total. The van der Waals surface area contributed by atoms with E-state index in [0.29, 0.717) is 23.6 Å². The van der Waals surface area contributed by atoms with Gasteiger partial charge in [-0.05, 0) is 18.2 Å². The maximum atomic E-state index is 12.9. The third-order valence-corrected chi connectivity index (χ3v) is 3.45. The first-order chi connectivity index (χ1) is 7.16. The number of cyclic esters (lactones) is 1. The third-order valence-electron chi connectivity index (χ3n) is 2.13. The average molecular weight is 227 g/mol. The zero-order valence-corrected chi connectivity index (χ0v) is 8.72. The van der Waals surface area contributed by atoms with E-state index in [-0.39, 0.29) is 17.0 Å². The maximum absolute atomic E-state index is 12.9. The maximum Gasteiger partial charge on any atom is 0.319 e. The molecule has 1 aliphatic heterocycles. The largest absolute Gasteiger partial charge is 0.465 e. The summed E-state index contributed by atoms with van der Waals surface area (Å²) in [6, 6.07) is 4.13. The number of rotatable bonds is 2. The van der Waals surface area contributed by atoms with Gasteiger partial charge in [0, 0.05) is 17.0 Å². The van der Waals surface area contributed by atoms with Crippen LogP contribution in [0, 0.1) is 5.82 Å². The number of anilines is 1. The third kappa shape index (κ3) is 2.23. The Morgan fingerprint density at radius 2 is 2.33 bits per heavy atom. The van der Waals surface area contributed by atoms with Gasteiger partial charge in [0.15, 0.2) is 0 Å². The number of ether oxygens (including phenoxy) is 1. The van der Waals surface area contributed by atoms with Crippen molar-refractivity contribution in [3.63, 3.8) is 0 Å². The lowest BCUT2D eigenvalue weighted by Gasteiger charge is -2.07. The summed E-state index contributed by atoms with van der Waals surface area (Å²) < 4.78 is 17.7. The fourth-order valence-electron chi connectivity index (χ4n) is 1.35. The van der Waals surface area contributed by atoms with Crippen molar-refractivity contribution in [2.24, 2.45) is 0 Å². The topological polar surface area (TPSA) is 52.3 Å². The quantitative estimate of drug-likeness (QED) is 0.618. The number of benzene rings is 1. The number of hydrogen-bond acceptors (Lipinski definition) is 4. The Kier molecular flexibility index (Phi) is 2.81. The van der Waals surface area contributed by atoms with Gasteiger partial charge in [0.25, 0.3) is 0 Å². The lowest BCUT2D eigenvalue weighted by Crippen LogP contribution is -2.09. The highest BCUT2D eigenvalue weighted by atomic mass is 32.2. The van der Waals surface area contributed by atoms with Gasteiger partial charge in [-0.25, -0.2) is 4.39 Å². The SMILES string of the molecule is Nc1ccc(F)cc1SC1CCOC1=O. The van der Waals surface area contributed by atoms with Crippen molar-refractivity contribution in [1.29, 1.82) is 0 Å². The summed E-state index contributed by atoms with van der Waals surface area (Å²) in [5, 5.41) is -0.255. The van der Waals surface area contributed by atoms with Gasteiger partial charge in [0.2, 0.25) is 0 Å². The summed E-state index contributed by atoms with van der Waals surface area (Å²) in [5.74, 6) is -0.596. The molecule has 80 valence electrons. The van der Waals surface area contributed by atoms with Crippen molar-refractivity contribution in [3.8, 4) is 0 Å². The highest BCUT2D eigenvalue weighted by molar-refractivity contribution is 8.00. The zero-order valence-electron chi connectivity index (χ0n) is 7.90. The Bertz CT molecular complexity index is 397. The summed E-state index contributed by atoms with van der Waals surface area (Å²) in [5.41, 5.74) is 6.16. The molecule has 0 aliphatic carbocycles. The normalized spacial score (nSPS) is 20.3. The van der Waals surface area contributed by atoms with Gasteiger partial charge in [0.1, 0.15) is 11.1 Å². The van der Waals surface area contributed by atoms with Crippen LogP contribution in [0.2, 0.25) is 0 Å². The van der Waals surface area contributed by atoms with Gasteiger partial charge in [-0.2, -0.15) is 0 Å². The number of carbonyl (C=O) groups is 1. The number of carbonyl (C=O) groups excluding carboxylic acids is 1. The standard InChI is InChI=1S/C10H10FNO2S/c11-6-1-2-7(12)9(5-6)15-8-3-4-14-10(8)13/h1-2,5,8H,3-4,12H2. The van der Waals surface area contributed by atoms with E-state index in [0.717, 1.165) is 0 Å². The molecule has 0 saturated carbocycles. The fourth-order valence-corrected chi connectivity index (χ4v) is 2.42. The lowest BCUT2D eigenvalue weighted by molar-refractivity contribution is -0.137. The summed E-state index contributed by atoms with van der Waals surface area (Å²) in [6.45, 7) is 0.436. The van der Waals surface area contributed by atoms with Crippen LogP contribution in [0.4, 0.5) is 10.1 Å². The van der Waals surface area contributed by atoms with E-state index in [1.165, 1.54) is 30.0 Å². The summed E-state index contributed by atoms with van der Waals surface area (Å²) in [4.78, 5) is 11.8. The van der Waals surface area contributed by atoms with Crippen LogP contribution in [0.3, 0.4) is 0 Å². The molecule has 1 saturated heterocycles.